The molecular weight excluding hydrogens is 309 g/mol. The van der Waals surface area contributed by atoms with E-state index in [0.29, 0.717) is 12.5 Å². The van der Waals surface area contributed by atoms with Gasteiger partial charge in [-0.3, -0.25) is 4.84 Å². The fourth-order valence-corrected chi connectivity index (χ4v) is 1.89. The number of piperazine rings is 1. The smallest absolute Gasteiger partial charge is 0.320 e. The van der Waals surface area contributed by atoms with E-state index in [9.17, 15) is 4.79 Å². The van der Waals surface area contributed by atoms with Gasteiger partial charge in [0.05, 0.1) is 6.61 Å². The Kier molecular flexibility index (Phi) is 4.04. The summed E-state index contributed by atoms with van der Waals surface area (Å²) in [5.41, 5.74) is 2.50. The van der Waals surface area contributed by atoms with E-state index in [1.807, 2.05) is 0 Å². The minimum absolute atomic E-state index is 0.0971. The molecule has 2 rings (SSSR count). The van der Waals surface area contributed by atoms with Crippen LogP contribution in [0.25, 0.3) is 0 Å². The van der Waals surface area contributed by atoms with Crippen LogP contribution in [0.5, 0.6) is 0 Å². The molecule has 86 valence electrons. The molecule has 1 heterocycles. The van der Waals surface area contributed by atoms with Gasteiger partial charge in [-0.15, -0.1) is 0 Å². The van der Waals surface area contributed by atoms with Crippen LogP contribution in [-0.2, 0) is 4.84 Å². The second-order valence-electron chi connectivity index (χ2n) is 4.06. The van der Waals surface area contributed by atoms with Gasteiger partial charge in [-0.1, -0.05) is 0 Å². The highest BCUT2D eigenvalue weighted by Gasteiger charge is 2.23. The minimum Gasteiger partial charge on any atom is -0.320 e. The van der Waals surface area contributed by atoms with Gasteiger partial charge in [-0.25, -0.2) is 13.4 Å². The van der Waals surface area contributed by atoms with Crippen LogP contribution in [0.1, 0.15) is 12.8 Å². The third-order valence-corrected chi connectivity index (χ3v) is 3.65. The number of hydrogen-bond acceptors (Lipinski definition) is 3. The number of hydroxylamine groups is 1. The van der Waals surface area contributed by atoms with Gasteiger partial charge in [0, 0.05) is 49.0 Å². The van der Waals surface area contributed by atoms with Crippen molar-refractivity contribution >= 4 is 28.9 Å². The van der Waals surface area contributed by atoms with E-state index in [1.54, 1.807) is 4.90 Å². The normalized spacial score (nSPS) is 22.9. The van der Waals surface area contributed by atoms with Gasteiger partial charge < -0.3 is 4.90 Å². The zero-order valence-corrected chi connectivity index (χ0v) is 10.8. The second-order valence-corrected chi connectivity index (χ2v) is 5.42. The Morgan fingerprint density at radius 3 is 2.60 bits per heavy atom. The summed E-state index contributed by atoms with van der Waals surface area (Å²) in [4.78, 5) is 18.5. The van der Waals surface area contributed by atoms with Gasteiger partial charge >= 0.3 is 6.03 Å². The van der Waals surface area contributed by atoms with Crippen molar-refractivity contribution in [3.05, 3.63) is 0 Å². The molecule has 0 bridgehead atoms. The highest BCUT2D eigenvalue weighted by molar-refractivity contribution is 14.1. The Morgan fingerprint density at radius 2 is 2.00 bits per heavy atom. The summed E-state index contributed by atoms with van der Waals surface area (Å²) in [6.45, 7) is 4.08. The average Bonchev–Trinajstić information content (AvgIpc) is 3.02. The van der Waals surface area contributed by atoms with Crippen molar-refractivity contribution < 1.29 is 9.63 Å². The minimum atomic E-state index is -0.0971. The van der Waals surface area contributed by atoms with Gasteiger partial charge in [0.25, 0.3) is 0 Å². The number of hydrogen-bond donors (Lipinski definition) is 1. The first-order chi connectivity index (χ1) is 7.25. The van der Waals surface area contributed by atoms with Crippen molar-refractivity contribution in [2.24, 2.45) is 5.92 Å². The number of rotatable bonds is 3. The Bertz CT molecular complexity index is 227. The van der Waals surface area contributed by atoms with Crippen molar-refractivity contribution in [1.29, 1.82) is 0 Å². The number of nitrogens with zero attached hydrogens (tertiary/aromatic N) is 2. The highest BCUT2D eigenvalue weighted by Crippen LogP contribution is 2.28. The number of urea groups is 1. The van der Waals surface area contributed by atoms with Crippen molar-refractivity contribution in [2.45, 2.75) is 12.8 Å². The summed E-state index contributed by atoms with van der Waals surface area (Å²) in [5, 5.41) is 0. The molecule has 5 nitrogen and oxygen atoms in total. The second kappa shape index (κ2) is 5.31. The van der Waals surface area contributed by atoms with E-state index in [-0.39, 0.29) is 6.03 Å². The highest BCUT2D eigenvalue weighted by atomic mass is 127. The lowest BCUT2D eigenvalue weighted by Crippen LogP contribution is -2.49. The van der Waals surface area contributed by atoms with Gasteiger partial charge in [-0.2, -0.15) is 0 Å². The van der Waals surface area contributed by atoms with E-state index in [0.717, 1.165) is 26.2 Å². The van der Waals surface area contributed by atoms with Crippen molar-refractivity contribution in [2.75, 3.05) is 32.8 Å². The molecule has 15 heavy (non-hydrogen) atoms. The number of halogens is 1. The topological polar surface area (TPSA) is 44.8 Å². The van der Waals surface area contributed by atoms with Crippen LogP contribution in [0.3, 0.4) is 0 Å². The standard InChI is InChI=1S/C9H16IN3O2/c10-13-5-3-12(4-6-13)9(14)11-15-7-8-1-2-8/h8H,1-7H2,(H,11,14). The van der Waals surface area contributed by atoms with E-state index in [4.69, 9.17) is 4.84 Å². The molecule has 0 radical (unpaired) electrons. The molecule has 2 aliphatic rings. The number of carbonyl (C=O) groups is 1. The van der Waals surface area contributed by atoms with Gasteiger partial charge in [0.15, 0.2) is 0 Å². The van der Waals surface area contributed by atoms with Crippen molar-refractivity contribution in [3.8, 4) is 0 Å². The largest absolute Gasteiger partial charge is 0.341 e. The van der Waals surface area contributed by atoms with Gasteiger partial charge in [0.1, 0.15) is 0 Å². The molecule has 0 aromatic carbocycles. The number of nitrogens with one attached hydrogen (secondary N) is 1. The van der Waals surface area contributed by atoms with Crippen molar-refractivity contribution in [1.82, 2.24) is 13.5 Å². The van der Waals surface area contributed by atoms with E-state index in [2.05, 4.69) is 31.5 Å². The molecule has 1 saturated carbocycles. The van der Waals surface area contributed by atoms with E-state index < -0.39 is 0 Å². The zero-order valence-electron chi connectivity index (χ0n) is 8.62. The summed E-state index contributed by atoms with van der Waals surface area (Å²) in [6.07, 6.45) is 2.48. The molecule has 0 aromatic heterocycles. The van der Waals surface area contributed by atoms with Crippen LogP contribution >= 0.6 is 22.9 Å². The molecule has 2 fully saturated rings. The van der Waals surface area contributed by atoms with E-state index >= 15 is 0 Å². The fourth-order valence-electron chi connectivity index (χ4n) is 1.46. The predicted molar refractivity (Wildman–Crippen MR) is 64.4 cm³/mol. The summed E-state index contributed by atoms with van der Waals surface area (Å²) in [7, 11) is 0. The summed E-state index contributed by atoms with van der Waals surface area (Å²) in [6, 6.07) is -0.0971. The van der Waals surface area contributed by atoms with E-state index in [1.165, 1.54) is 12.8 Å². The van der Waals surface area contributed by atoms with Gasteiger partial charge in [0.2, 0.25) is 0 Å². The molecule has 2 amide bonds. The van der Waals surface area contributed by atoms with Gasteiger partial charge in [-0.05, 0) is 18.8 Å². The van der Waals surface area contributed by atoms with Crippen LogP contribution in [-0.4, -0.2) is 46.8 Å². The third-order valence-electron chi connectivity index (χ3n) is 2.69. The van der Waals surface area contributed by atoms with Crippen LogP contribution in [0.2, 0.25) is 0 Å². The Balaban J connectivity index is 1.61. The first-order valence-electron chi connectivity index (χ1n) is 5.33. The average molecular weight is 325 g/mol. The Hall–Kier alpha value is -0.0800. The molecule has 0 unspecified atom stereocenters. The summed E-state index contributed by atoms with van der Waals surface area (Å²) < 4.78 is 2.19. The number of carbonyl (C=O) groups excluding carboxylic acids is 1. The lowest BCUT2D eigenvalue weighted by molar-refractivity contribution is 0.0386. The number of amides is 2. The molecule has 1 N–H and O–H groups in total. The molecule has 0 spiro atoms. The predicted octanol–water partition coefficient (Wildman–Crippen LogP) is 1.01. The lowest BCUT2D eigenvalue weighted by atomic mass is 10.4. The van der Waals surface area contributed by atoms with Crippen LogP contribution in [0.15, 0.2) is 0 Å². The zero-order chi connectivity index (χ0) is 10.7. The maximum atomic E-state index is 11.6. The monoisotopic (exact) mass is 325 g/mol. The quantitative estimate of drug-likeness (QED) is 0.478. The summed E-state index contributed by atoms with van der Waals surface area (Å²) >= 11 is 2.28. The first kappa shape index (κ1) is 11.4. The Labute approximate surface area is 104 Å². The lowest BCUT2D eigenvalue weighted by Gasteiger charge is -2.30. The maximum Gasteiger partial charge on any atom is 0.341 e. The molecule has 0 aromatic rings. The molecule has 0 atom stereocenters. The summed E-state index contributed by atoms with van der Waals surface area (Å²) in [5.74, 6) is 0.677. The maximum absolute atomic E-state index is 11.6. The molecule has 6 heteroatoms. The molecular formula is C9H16IN3O2. The van der Waals surface area contributed by atoms with Crippen LogP contribution in [0, 0.1) is 5.92 Å². The first-order valence-corrected chi connectivity index (χ1v) is 6.29. The van der Waals surface area contributed by atoms with Crippen molar-refractivity contribution in [3.63, 3.8) is 0 Å². The third kappa shape index (κ3) is 3.76. The van der Waals surface area contributed by atoms with Crippen LogP contribution < -0.4 is 5.48 Å². The van der Waals surface area contributed by atoms with Crippen LogP contribution in [0.4, 0.5) is 4.79 Å². The fraction of sp³-hybridized carbons (Fsp3) is 0.889. The Morgan fingerprint density at radius 1 is 1.33 bits per heavy atom. The molecule has 1 aliphatic heterocycles. The SMILES string of the molecule is O=C(NOCC1CC1)N1CCN(I)CC1. The molecule has 1 saturated heterocycles. The molecule has 1 aliphatic carbocycles.